The summed E-state index contributed by atoms with van der Waals surface area (Å²) >= 11 is 0. The Hall–Kier alpha value is -3.87. The van der Waals surface area contributed by atoms with Gasteiger partial charge in [-0.2, -0.15) is 0 Å². The van der Waals surface area contributed by atoms with Gasteiger partial charge in [-0.05, 0) is 60.2 Å². The van der Waals surface area contributed by atoms with E-state index < -0.39 is 6.04 Å². The van der Waals surface area contributed by atoms with Crippen molar-refractivity contribution in [3.8, 4) is 5.75 Å². The molecule has 7 heteroatoms. The lowest BCUT2D eigenvalue weighted by Gasteiger charge is -2.30. The average molecular weight is 500 g/mol. The minimum Gasteiger partial charge on any atom is -0.491 e. The molecule has 5 rings (SSSR count). The summed E-state index contributed by atoms with van der Waals surface area (Å²) in [7, 11) is 1.76. The largest absolute Gasteiger partial charge is 0.491 e. The second kappa shape index (κ2) is 11.0. The Balaban J connectivity index is 1.32. The number of rotatable bonds is 3. The first-order valence-corrected chi connectivity index (χ1v) is 13.0. The minimum absolute atomic E-state index is 0.0580. The van der Waals surface area contributed by atoms with Crippen LogP contribution in [0.5, 0.6) is 5.75 Å². The normalized spacial score (nSPS) is 20.8. The molecule has 37 heavy (non-hydrogen) atoms. The smallest absolute Gasteiger partial charge is 0.253 e. The van der Waals surface area contributed by atoms with Gasteiger partial charge >= 0.3 is 0 Å². The third-order valence-corrected chi connectivity index (χ3v) is 7.33. The maximum absolute atomic E-state index is 13.7. The second-order valence-electron chi connectivity index (χ2n) is 10.0. The van der Waals surface area contributed by atoms with Crippen LogP contribution in [-0.2, 0) is 16.0 Å². The van der Waals surface area contributed by atoms with Crippen molar-refractivity contribution in [2.24, 2.45) is 0 Å². The quantitative estimate of drug-likeness (QED) is 0.595. The van der Waals surface area contributed by atoms with E-state index in [1.165, 1.54) is 0 Å². The molecule has 1 fully saturated rings. The van der Waals surface area contributed by atoms with Crippen molar-refractivity contribution in [2.75, 3.05) is 26.7 Å². The number of carbonyl (C=O) groups is 3. The third-order valence-electron chi connectivity index (χ3n) is 7.33. The second-order valence-corrected chi connectivity index (χ2v) is 10.0. The molecule has 2 aliphatic rings. The van der Waals surface area contributed by atoms with Crippen LogP contribution in [0, 0.1) is 0 Å². The Morgan fingerprint density at radius 3 is 2.62 bits per heavy atom. The van der Waals surface area contributed by atoms with Crippen LogP contribution in [0.15, 0.2) is 66.7 Å². The van der Waals surface area contributed by atoms with E-state index in [1.807, 2.05) is 59.5 Å². The van der Waals surface area contributed by atoms with Gasteiger partial charge in [0.05, 0.1) is 12.5 Å². The standard InChI is InChI=1S/C30H33N3O4/c1-32-15-6-12-27(31-28(34)18-21-13-14-22-7-2-3-8-23(22)17-21)30(36)33-16-5-10-25(33)20-37-26-11-4-9-24(19-26)29(32)35/h2-4,7-9,11,13-14,17,19,25,27H,5-6,10,12,15-16,18,20H2,1H3,(H,31,34)/t25-,27-/m0/s1. The van der Waals surface area contributed by atoms with Crippen LogP contribution in [0.1, 0.15) is 41.6 Å². The van der Waals surface area contributed by atoms with Gasteiger partial charge in [-0.25, -0.2) is 0 Å². The third kappa shape index (κ3) is 5.77. The molecule has 0 radical (unpaired) electrons. The monoisotopic (exact) mass is 499 g/mol. The Morgan fingerprint density at radius 1 is 0.946 bits per heavy atom. The number of nitrogens with one attached hydrogen (secondary N) is 1. The maximum Gasteiger partial charge on any atom is 0.253 e. The zero-order valence-corrected chi connectivity index (χ0v) is 21.2. The summed E-state index contributed by atoms with van der Waals surface area (Å²) in [6.45, 7) is 1.50. The van der Waals surface area contributed by atoms with E-state index in [-0.39, 0.29) is 30.2 Å². The molecule has 2 heterocycles. The van der Waals surface area contributed by atoms with Gasteiger partial charge in [0.15, 0.2) is 0 Å². The number of ether oxygens (including phenoxy) is 1. The molecular formula is C30H33N3O4. The number of carbonyl (C=O) groups excluding carboxylic acids is 3. The van der Waals surface area contributed by atoms with E-state index in [0.29, 0.717) is 43.9 Å². The van der Waals surface area contributed by atoms with Crippen molar-refractivity contribution in [3.05, 3.63) is 77.9 Å². The fourth-order valence-corrected chi connectivity index (χ4v) is 5.30. The Bertz CT molecular complexity index is 1310. The number of fused-ring (bicyclic) bond motifs is 4. The topological polar surface area (TPSA) is 79.0 Å². The van der Waals surface area contributed by atoms with Crippen molar-refractivity contribution in [3.63, 3.8) is 0 Å². The van der Waals surface area contributed by atoms with E-state index in [4.69, 9.17) is 4.74 Å². The van der Waals surface area contributed by atoms with Crippen molar-refractivity contribution in [1.82, 2.24) is 15.1 Å². The summed E-state index contributed by atoms with van der Waals surface area (Å²) in [5, 5.41) is 5.22. The van der Waals surface area contributed by atoms with Crippen LogP contribution in [0.2, 0.25) is 0 Å². The fraction of sp³-hybridized carbons (Fsp3) is 0.367. The molecule has 0 spiro atoms. The van der Waals surface area contributed by atoms with Crippen LogP contribution in [0.4, 0.5) is 0 Å². The number of hydrogen-bond acceptors (Lipinski definition) is 4. The molecule has 2 atom stereocenters. The summed E-state index contributed by atoms with van der Waals surface area (Å²) in [5.41, 5.74) is 1.49. The van der Waals surface area contributed by atoms with Crippen molar-refractivity contribution < 1.29 is 19.1 Å². The summed E-state index contributed by atoms with van der Waals surface area (Å²) in [6, 6.07) is 20.6. The predicted octanol–water partition coefficient (Wildman–Crippen LogP) is 3.80. The fourth-order valence-electron chi connectivity index (χ4n) is 5.30. The Labute approximate surface area is 217 Å². The Morgan fingerprint density at radius 2 is 1.76 bits per heavy atom. The van der Waals surface area contributed by atoms with Crippen LogP contribution < -0.4 is 10.1 Å². The van der Waals surface area contributed by atoms with Gasteiger partial charge in [0.25, 0.3) is 5.91 Å². The number of amides is 3. The van der Waals surface area contributed by atoms with E-state index in [1.54, 1.807) is 24.1 Å². The summed E-state index contributed by atoms with van der Waals surface area (Å²) < 4.78 is 6.02. The van der Waals surface area contributed by atoms with Gasteiger partial charge in [-0.15, -0.1) is 0 Å². The SMILES string of the molecule is CN1CCC[C@H](NC(=O)Cc2ccc3ccccc3c2)C(=O)N2CCC[C@H]2COc2cccc(c2)C1=O. The number of nitrogens with zero attached hydrogens (tertiary/aromatic N) is 2. The lowest BCUT2D eigenvalue weighted by atomic mass is 10.0. The van der Waals surface area contributed by atoms with Crippen LogP contribution in [0.25, 0.3) is 10.8 Å². The first-order valence-electron chi connectivity index (χ1n) is 13.0. The molecule has 7 nitrogen and oxygen atoms in total. The van der Waals surface area contributed by atoms with E-state index in [2.05, 4.69) is 5.32 Å². The average Bonchev–Trinajstić information content (AvgIpc) is 3.38. The molecule has 3 aromatic carbocycles. The molecule has 2 bridgehead atoms. The molecule has 3 amide bonds. The van der Waals surface area contributed by atoms with Gasteiger partial charge in [0, 0.05) is 25.7 Å². The predicted molar refractivity (Wildman–Crippen MR) is 142 cm³/mol. The van der Waals surface area contributed by atoms with E-state index in [0.717, 1.165) is 29.2 Å². The highest BCUT2D eigenvalue weighted by molar-refractivity contribution is 5.94. The molecule has 192 valence electrons. The highest BCUT2D eigenvalue weighted by Gasteiger charge is 2.34. The first kappa shape index (κ1) is 24.8. The maximum atomic E-state index is 13.7. The van der Waals surface area contributed by atoms with Crippen molar-refractivity contribution in [1.29, 1.82) is 0 Å². The molecule has 1 saturated heterocycles. The summed E-state index contributed by atoms with van der Waals surface area (Å²) in [6.07, 6.45) is 3.02. The number of benzene rings is 3. The van der Waals surface area contributed by atoms with Gasteiger partial charge in [0.1, 0.15) is 18.4 Å². The lowest BCUT2D eigenvalue weighted by Crippen LogP contribution is -2.51. The highest BCUT2D eigenvalue weighted by atomic mass is 16.5. The van der Waals surface area contributed by atoms with Crippen LogP contribution in [-0.4, -0.2) is 66.3 Å². The van der Waals surface area contributed by atoms with E-state index >= 15 is 0 Å². The van der Waals surface area contributed by atoms with Crippen molar-refractivity contribution in [2.45, 2.75) is 44.2 Å². The van der Waals surface area contributed by atoms with Crippen molar-refractivity contribution >= 4 is 28.5 Å². The molecule has 2 aliphatic heterocycles. The zero-order chi connectivity index (χ0) is 25.8. The van der Waals surface area contributed by atoms with E-state index in [9.17, 15) is 14.4 Å². The molecular weight excluding hydrogens is 466 g/mol. The molecule has 3 aromatic rings. The molecule has 0 unspecified atom stereocenters. The highest BCUT2D eigenvalue weighted by Crippen LogP contribution is 2.23. The molecule has 0 aromatic heterocycles. The number of hydrogen-bond donors (Lipinski definition) is 1. The van der Waals surface area contributed by atoms with Gasteiger partial charge in [-0.3, -0.25) is 14.4 Å². The molecule has 0 aliphatic carbocycles. The lowest BCUT2D eigenvalue weighted by molar-refractivity contribution is -0.137. The van der Waals surface area contributed by atoms with Gasteiger partial charge < -0.3 is 19.9 Å². The molecule has 0 saturated carbocycles. The summed E-state index contributed by atoms with van der Waals surface area (Å²) in [5.74, 6) is 0.281. The van der Waals surface area contributed by atoms with Crippen LogP contribution in [0.3, 0.4) is 0 Å². The zero-order valence-electron chi connectivity index (χ0n) is 21.2. The molecule has 1 N–H and O–H groups in total. The van der Waals surface area contributed by atoms with Gasteiger partial charge in [-0.1, -0.05) is 48.5 Å². The summed E-state index contributed by atoms with van der Waals surface area (Å²) in [4.78, 5) is 43.2. The van der Waals surface area contributed by atoms with Crippen LogP contribution >= 0.6 is 0 Å². The minimum atomic E-state index is -0.641. The first-order chi connectivity index (χ1) is 18.0. The van der Waals surface area contributed by atoms with Gasteiger partial charge in [0.2, 0.25) is 11.8 Å². The Kier molecular flexibility index (Phi) is 7.40.